The van der Waals surface area contributed by atoms with Crippen LogP contribution in [0.1, 0.15) is 18.5 Å². The van der Waals surface area contributed by atoms with E-state index in [1.807, 2.05) is 11.0 Å². The molecule has 5 heteroatoms. The SMILES string of the molecule is N#Cc1ccnc(N2CCC(CF)CC2)n1. The number of rotatable bonds is 2. The summed E-state index contributed by atoms with van der Waals surface area (Å²) in [5, 5.41) is 8.73. The molecule has 1 aromatic heterocycles. The lowest BCUT2D eigenvalue weighted by Gasteiger charge is -2.30. The van der Waals surface area contributed by atoms with E-state index in [2.05, 4.69) is 9.97 Å². The van der Waals surface area contributed by atoms with Crippen molar-refractivity contribution in [2.75, 3.05) is 24.7 Å². The molecule has 4 nitrogen and oxygen atoms in total. The zero-order valence-electron chi connectivity index (χ0n) is 8.93. The summed E-state index contributed by atoms with van der Waals surface area (Å²) in [6.45, 7) is 1.29. The molecule has 0 N–H and O–H groups in total. The molecule has 0 saturated carbocycles. The van der Waals surface area contributed by atoms with Crippen molar-refractivity contribution in [3.63, 3.8) is 0 Å². The molecule has 0 amide bonds. The lowest BCUT2D eigenvalue weighted by molar-refractivity contribution is 0.306. The van der Waals surface area contributed by atoms with Crippen LogP contribution in [-0.4, -0.2) is 29.7 Å². The summed E-state index contributed by atoms with van der Waals surface area (Å²) in [7, 11) is 0. The zero-order valence-corrected chi connectivity index (χ0v) is 8.93. The molecule has 0 aromatic carbocycles. The van der Waals surface area contributed by atoms with Crippen molar-refractivity contribution < 1.29 is 4.39 Å². The average Bonchev–Trinajstić information content (AvgIpc) is 2.39. The van der Waals surface area contributed by atoms with E-state index in [0.717, 1.165) is 25.9 Å². The van der Waals surface area contributed by atoms with Crippen LogP contribution in [0.3, 0.4) is 0 Å². The van der Waals surface area contributed by atoms with Gasteiger partial charge in [0, 0.05) is 19.3 Å². The number of hydrogen-bond donors (Lipinski definition) is 0. The van der Waals surface area contributed by atoms with Gasteiger partial charge in [-0.3, -0.25) is 4.39 Å². The molecule has 1 fully saturated rings. The summed E-state index contributed by atoms with van der Waals surface area (Å²) in [6.07, 6.45) is 3.25. The Morgan fingerprint density at radius 1 is 1.50 bits per heavy atom. The van der Waals surface area contributed by atoms with Gasteiger partial charge in [-0.15, -0.1) is 0 Å². The molecule has 84 valence electrons. The fraction of sp³-hybridized carbons (Fsp3) is 0.545. The molecule has 0 bridgehead atoms. The van der Waals surface area contributed by atoms with E-state index < -0.39 is 0 Å². The third kappa shape index (κ3) is 2.27. The summed E-state index contributed by atoms with van der Waals surface area (Å²) < 4.78 is 12.4. The van der Waals surface area contributed by atoms with Gasteiger partial charge in [-0.1, -0.05) is 0 Å². The minimum Gasteiger partial charge on any atom is -0.341 e. The number of anilines is 1. The maximum atomic E-state index is 12.4. The smallest absolute Gasteiger partial charge is 0.226 e. The third-order valence-electron chi connectivity index (χ3n) is 2.87. The van der Waals surface area contributed by atoms with Crippen molar-refractivity contribution in [2.45, 2.75) is 12.8 Å². The molecule has 1 aliphatic heterocycles. The fourth-order valence-electron chi connectivity index (χ4n) is 1.85. The molecule has 1 saturated heterocycles. The molecular weight excluding hydrogens is 207 g/mol. The molecule has 16 heavy (non-hydrogen) atoms. The normalized spacial score (nSPS) is 17.1. The summed E-state index contributed by atoms with van der Waals surface area (Å²) in [4.78, 5) is 10.3. The first-order valence-electron chi connectivity index (χ1n) is 5.37. The van der Waals surface area contributed by atoms with Crippen LogP contribution >= 0.6 is 0 Å². The highest BCUT2D eigenvalue weighted by Crippen LogP contribution is 2.20. The summed E-state index contributed by atoms with van der Waals surface area (Å²) in [5.41, 5.74) is 0.373. The largest absolute Gasteiger partial charge is 0.341 e. The fourth-order valence-corrected chi connectivity index (χ4v) is 1.85. The molecule has 2 heterocycles. The molecule has 0 spiro atoms. The van der Waals surface area contributed by atoms with E-state index in [1.54, 1.807) is 12.3 Å². The van der Waals surface area contributed by atoms with E-state index in [0.29, 0.717) is 11.6 Å². The molecule has 0 aliphatic carbocycles. The van der Waals surface area contributed by atoms with Crippen LogP contribution in [0.4, 0.5) is 10.3 Å². The van der Waals surface area contributed by atoms with Crippen molar-refractivity contribution in [1.29, 1.82) is 5.26 Å². The molecule has 2 rings (SSSR count). The minimum atomic E-state index is -0.243. The van der Waals surface area contributed by atoms with Gasteiger partial charge in [-0.25, -0.2) is 9.97 Å². The van der Waals surface area contributed by atoms with Gasteiger partial charge in [0.2, 0.25) is 5.95 Å². The van der Waals surface area contributed by atoms with Crippen LogP contribution in [0.15, 0.2) is 12.3 Å². The quantitative estimate of drug-likeness (QED) is 0.758. The highest BCUT2D eigenvalue weighted by Gasteiger charge is 2.20. The Balaban J connectivity index is 2.05. The van der Waals surface area contributed by atoms with Gasteiger partial charge in [0.1, 0.15) is 11.8 Å². The van der Waals surface area contributed by atoms with Crippen LogP contribution in [0, 0.1) is 17.2 Å². The van der Waals surface area contributed by atoms with Gasteiger partial charge in [0.15, 0.2) is 0 Å². The van der Waals surface area contributed by atoms with E-state index in [9.17, 15) is 4.39 Å². The zero-order chi connectivity index (χ0) is 11.4. The summed E-state index contributed by atoms with van der Waals surface area (Å²) in [5.74, 6) is 0.756. The Morgan fingerprint density at radius 3 is 2.88 bits per heavy atom. The summed E-state index contributed by atoms with van der Waals surface area (Å²) >= 11 is 0. The molecular formula is C11H13FN4. The third-order valence-corrected chi connectivity index (χ3v) is 2.87. The highest BCUT2D eigenvalue weighted by molar-refractivity contribution is 5.33. The van der Waals surface area contributed by atoms with Gasteiger partial charge < -0.3 is 4.90 Å². The summed E-state index contributed by atoms with van der Waals surface area (Å²) in [6, 6.07) is 3.57. The second-order valence-electron chi connectivity index (χ2n) is 3.94. The van der Waals surface area contributed by atoms with Gasteiger partial charge in [-0.2, -0.15) is 5.26 Å². The van der Waals surface area contributed by atoms with Crippen LogP contribution < -0.4 is 4.90 Å². The molecule has 0 unspecified atom stereocenters. The van der Waals surface area contributed by atoms with Crippen molar-refractivity contribution in [3.05, 3.63) is 18.0 Å². The van der Waals surface area contributed by atoms with Crippen molar-refractivity contribution in [2.24, 2.45) is 5.92 Å². The van der Waals surface area contributed by atoms with Crippen molar-refractivity contribution >= 4 is 5.95 Å². The second-order valence-corrected chi connectivity index (χ2v) is 3.94. The minimum absolute atomic E-state index is 0.176. The number of halogens is 1. The Bertz CT molecular complexity index is 393. The first-order valence-corrected chi connectivity index (χ1v) is 5.37. The Kier molecular flexibility index (Phi) is 3.30. The number of alkyl halides is 1. The van der Waals surface area contributed by atoms with Gasteiger partial charge in [0.05, 0.1) is 6.67 Å². The van der Waals surface area contributed by atoms with Crippen molar-refractivity contribution in [1.82, 2.24) is 9.97 Å². The Hall–Kier alpha value is -1.70. The highest BCUT2D eigenvalue weighted by atomic mass is 19.1. The van der Waals surface area contributed by atoms with E-state index >= 15 is 0 Å². The van der Waals surface area contributed by atoms with Crippen LogP contribution in [0.25, 0.3) is 0 Å². The van der Waals surface area contributed by atoms with E-state index in [1.165, 1.54) is 0 Å². The van der Waals surface area contributed by atoms with E-state index in [4.69, 9.17) is 5.26 Å². The Labute approximate surface area is 93.7 Å². The predicted molar refractivity (Wildman–Crippen MR) is 57.7 cm³/mol. The first-order chi connectivity index (χ1) is 7.83. The maximum absolute atomic E-state index is 12.4. The van der Waals surface area contributed by atoms with Crippen LogP contribution in [-0.2, 0) is 0 Å². The van der Waals surface area contributed by atoms with Gasteiger partial charge >= 0.3 is 0 Å². The second kappa shape index (κ2) is 4.88. The molecule has 0 radical (unpaired) electrons. The number of hydrogen-bond acceptors (Lipinski definition) is 4. The number of piperidine rings is 1. The predicted octanol–water partition coefficient (Wildman–Crippen LogP) is 1.53. The van der Waals surface area contributed by atoms with Crippen LogP contribution in [0.5, 0.6) is 0 Å². The molecule has 0 atom stereocenters. The lowest BCUT2D eigenvalue weighted by atomic mass is 9.99. The average molecular weight is 220 g/mol. The Morgan fingerprint density at radius 2 is 2.25 bits per heavy atom. The van der Waals surface area contributed by atoms with E-state index in [-0.39, 0.29) is 12.6 Å². The number of aromatic nitrogens is 2. The van der Waals surface area contributed by atoms with Gasteiger partial charge in [0.25, 0.3) is 0 Å². The first kappa shape index (κ1) is 10.8. The van der Waals surface area contributed by atoms with Crippen LogP contribution in [0.2, 0.25) is 0 Å². The maximum Gasteiger partial charge on any atom is 0.226 e. The van der Waals surface area contributed by atoms with Crippen molar-refractivity contribution in [3.8, 4) is 6.07 Å². The van der Waals surface area contributed by atoms with Gasteiger partial charge in [-0.05, 0) is 24.8 Å². The number of nitrogens with zero attached hydrogens (tertiary/aromatic N) is 4. The topological polar surface area (TPSA) is 52.8 Å². The molecule has 1 aromatic rings. The standard InChI is InChI=1S/C11H13FN4/c12-7-9-2-5-16(6-3-9)11-14-4-1-10(8-13)15-11/h1,4,9H,2-3,5-7H2. The molecule has 1 aliphatic rings. The monoisotopic (exact) mass is 220 g/mol. The lowest BCUT2D eigenvalue weighted by Crippen LogP contribution is -2.35. The number of nitriles is 1.